The number of carbonyl (C=O) groups is 2. The van der Waals surface area contributed by atoms with Crippen molar-refractivity contribution in [3.05, 3.63) is 126 Å². The second-order valence-electron chi connectivity index (χ2n) is 9.65. The Hall–Kier alpha value is -5.03. The van der Waals surface area contributed by atoms with Crippen molar-refractivity contribution in [3.8, 4) is 5.75 Å². The summed E-state index contributed by atoms with van der Waals surface area (Å²) < 4.78 is 46.6. The maximum Gasteiger partial charge on any atom is 0.264 e. The first-order valence-corrected chi connectivity index (χ1v) is 14.8. The number of hydrogen-bond donors (Lipinski definition) is 2. The topological polar surface area (TPSA) is 117 Å². The number of aryl methyl sites for hydroxylation is 1. The van der Waals surface area contributed by atoms with Crippen LogP contribution in [0.4, 0.5) is 10.1 Å². The van der Waals surface area contributed by atoms with Gasteiger partial charge >= 0.3 is 0 Å². The molecule has 0 fully saturated rings. The summed E-state index contributed by atoms with van der Waals surface area (Å²) in [5, 5.41) is 6.82. The SMILES string of the molecule is Cc1ccc(N(CC(=O)N/N=C/c2ccc(OCC(=O)NC(C)c3ccccc3)cc2)S(=O)(=O)c2ccc(F)cc2)cc1. The van der Waals surface area contributed by atoms with E-state index in [0.717, 1.165) is 39.7 Å². The van der Waals surface area contributed by atoms with E-state index in [2.05, 4.69) is 15.8 Å². The lowest BCUT2D eigenvalue weighted by atomic mass is 10.1. The average molecular weight is 603 g/mol. The van der Waals surface area contributed by atoms with Crippen LogP contribution < -0.4 is 19.8 Å². The predicted molar refractivity (Wildman–Crippen MR) is 163 cm³/mol. The number of ether oxygens (including phenoxy) is 1. The molecule has 0 saturated heterocycles. The highest BCUT2D eigenvalue weighted by Gasteiger charge is 2.27. The number of carbonyl (C=O) groups excluding carboxylic acids is 2. The highest BCUT2D eigenvalue weighted by atomic mass is 32.2. The molecule has 4 aromatic rings. The van der Waals surface area contributed by atoms with E-state index in [0.29, 0.717) is 11.3 Å². The molecule has 9 nitrogen and oxygen atoms in total. The van der Waals surface area contributed by atoms with Crippen LogP contribution in [-0.2, 0) is 19.6 Å². The summed E-state index contributed by atoms with van der Waals surface area (Å²) >= 11 is 0. The Labute approximate surface area is 250 Å². The maximum absolute atomic E-state index is 13.4. The van der Waals surface area contributed by atoms with Crippen LogP contribution >= 0.6 is 0 Å². The van der Waals surface area contributed by atoms with Gasteiger partial charge in [-0.25, -0.2) is 18.2 Å². The lowest BCUT2D eigenvalue weighted by Crippen LogP contribution is -2.39. The zero-order valence-electron chi connectivity index (χ0n) is 23.6. The quantitative estimate of drug-likeness (QED) is 0.180. The van der Waals surface area contributed by atoms with Gasteiger partial charge in [0.15, 0.2) is 6.61 Å². The molecule has 0 bridgehead atoms. The van der Waals surface area contributed by atoms with Gasteiger partial charge in [-0.3, -0.25) is 13.9 Å². The van der Waals surface area contributed by atoms with E-state index in [-0.39, 0.29) is 29.1 Å². The summed E-state index contributed by atoms with van der Waals surface area (Å²) in [6.07, 6.45) is 1.39. The summed E-state index contributed by atoms with van der Waals surface area (Å²) in [5.74, 6) is -1.04. The van der Waals surface area contributed by atoms with E-state index in [4.69, 9.17) is 4.74 Å². The Kier molecular flexibility index (Phi) is 10.2. The Bertz CT molecular complexity index is 1660. The van der Waals surface area contributed by atoms with Crippen LogP contribution in [-0.4, -0.2) is 39.6 Å². The van der Waals surface area contributed by atoms with Crippen molar-refractivity contribution in [2.75, 3.05) is 17.5 Å². The van der Waals surface area contributed by atoms with Gasteiger partial charge in [0.2, 0.25) is 0 Å². The standard InChI is InChI=1S/C32H31FN4O5S/c1-23-8-14-28(15-9-23)37(43(40,41)30-18-12-27(33)13-19-30)21-31(38)36-34-20-25-10-16-29(17-11-25)42-22-32(39)35-24(2)26-6-4-3-5-7-26/h3-20,24H,21-22H2,1-2H3,(H,35,39)(H,36,38)/b34-20+. The van der Waals surface area contributed by atoms with Gasteiger partial charge in [0.25, 0.3) is 21.8 Å². The number of nitrogens with one attached hydrogen (secondary N) is 2. The van der Waals surface area contributed by atoms with Crippen molar-refractivity contribution in [1.82, 2.24) is 10.7 Å². The molecule has 4 aromatic carbocycles. The smallest absolute Gasteiger partial charge is 0.264 e. The summed E-state index contributed by atoms with van der Waals surface area (Å²) in [4.78, 5) is 24.8. The second kappa shape index (κ2) is 14.2. The number of hydrazone groups is 1. The van der Waals surface area contributed by atoms with Crippen molar-refractivity contribution in [2.45, 2.75) is 24.8 Å². The van der Waals surface area contributed by atoms with Crippen molar-refractivity contribution in [1.29, 1.82) is 0 Å². The third-order valence-electron chi connectivity index (χ3n) is 6.34. The first kappa shape index (κ1) is 30.9. The van der Waals surface area contributed by atoms with Crippen molar-refractivity contribution < 1.29 is 27.1 Å². The molecule has 43 heavy (non-hydrogen) atoms. The molecule has 2 amide bonds. The molecule has 0 spiro atoms. The Morgan fingerprint density at radius 2 is 1.56 bits per heavy atom. The van der Waals surface area contributed by atoms with Gasteiger partial charge in [-0.05, 0) is 85.6 Å². The molecule has 222 valence electrons. The van der Waals surface area contributed by atoms with Crippen molar-refractivity contribution in [2.24, 2.45) is 5.10 Å². The van der Waals surface area contributed by atoms with Gasteiger partial charge < -0.3 is 10.1 Å². The molecule has 0 heterocycles. The molecule has 0 radical (unpaired) electrons. The van der Waals surface area contributed by atoms with Crippen LogP contribution in [0.25, 0.3) is 0 Å². The van der Waals surface area contributed by atoms with Crippen molar-refractivity contribution >= 4 is 33.7 Å². The van der Waals surface area contributed by atoms with E-state index in [1.165, 1.54) is 6.21 Å². The number of halogens is 1. The minimum atomic E-state index is -4.18. The highest BCUT2D eigenvalue weighted by Crippen LogP contribution is 2.24. The number of hydrogen-bond acceptors (Lipinski definition) is 6. The minimum absolute atomic E-state index is 0.154. The molecule has 1 unspecified atom stereocenters. The molecule has 11 heteroatoms. The fraction of sp³-hybridized carbons (Fsp3) is 0.156. The first-order valence-electron chi connectivity index (χ1n) is 13.4. The van der Waals surface area contributed by atoms with Crippen LogP contribution in [0.15, 0.2) is 113 Å². The molecule has 1 atom stereocenters. The number of rotatable bonds is 12. The number of sulfonamides is 1. The van der Waals surface area contributed by atoms with E-state index in [1.54, 1.807) is 48.5 Å². The van der Waals surface area contributed by atoms with Crippen LogP contribution in [0, 0.1) is 12.7 Å². The van der Waals surface area contributed by atoms with Crippen molar-refractivity contribution in [3.63, 3.8) is 0 Å². The third kappa shape index (κ3) is 8.73. The molecular weight excluding hydrogens is 571 g/mol. The van der Waals surface area contributed by atoms with Crippen LogP contribution in [0.2, 0.25) is 0 Å². The molecule has 0 aromatic heterocycles. The van der Waals surface area contributed by atoms with Crippen LogP contribution in [0.5, 0.6) is 5.75 Å². The normalized spacial score (nSPS) is 12.0. The van der Waals surface area contributed by atoms with E-state index < -0.39 is 28.3 Å². The second-order valence-corrected chi connectivity index (χ2v) is 11.5. The summed E-state index contributed by atoms with van der Waals surface area (Å²) in [7, 11) is -4.18. The molecular formula is C32H31FN4O5S. The number of anilines is 1. The largest absolute Gasteiger partial charge is 0.484 e. The lowest BCUT2D eigenvalue weighted by molar-refractivity contribution is -0.123. The Morgan fingerprint density at radius 1 is 0.907 bits per heavy atom. The third-order valence-corrected chi connectivity index (χ3v) is 8.13. The molecule has 2 N–H and O–H groups in total. The van der Waals surface area contributed by atoms with Gasteiger partial charge in [0, 0.05) is 0 Å². The lowest BCUT2D eigenvalue weighted by Gasteiger charge is -2.23. The van der Waals surface area contributed by atoms with E-state index >= 15 is 0 Å². The van der Waals surface area contributed by atoms with Gasteiger partial charge in [-0.15, -0.1) is 0 Å². The molecule has 0 aliphatic heterocycles. The van der Waals surface area contributed by atoms with Crippen LogP contribution in [0.3, 0.4) is 0 Å². The number of benzene rings is 4. The summed E-state index contributed by atoms with van der Waals surface area (Å²) in [5.41, 5.74) is 5.14. The molecule has 0 aliphatic carbocycles. The van der Waals surface area contributed by atoms with Gasteiger partial charge in [0.05, 0.1) is 22.8 Å². The van der Waals surface area contributed by atoms with E-state index in [1.807, 2.05) is 44.2 Å². The first-order chi connectivity index (χ1) is 20.6. The maximum atomic E-state index is 13.4. The monoisotopic (exact) mass is 602 g/mol. The van der Waals surface area contributed by atoms with Crippen LogP contribution in [0.1, 0.15) is 29.7 Å². The Balaban J connectivity index is 1.33. The number of nitrogens with zero attached hydrogens (tertiary/aromatic N) is 2. The fourth-order valence-corrected chi connectivity index (χ4v) is 5.43. The fourth-order valence-electron chi connectivity index (χ4n) is 4.01. The predicted octanol–water partition coefficient (Wildman–Crippen LogP) is 4.74. The van der Waals surface area contributed by atoms with Gasteiger partial charge in [0.1, 0.15) is 18.1 Å². The zero-order chi connectivity index (χ0) is 30.8. The minimum Gasteiger partial charge on any atom is -0.484 e. The summed E-state index contributed by atoms with van der Waals surface area (Å²) in [6.45, 7) is 3.04. The summed E-state index contributed by atoms with van der Waals surface area (Å²) in [6, 6.07) is 27.1. The molecule has 4 rings (SSSR count). The molecule has 0 aliphatic rings. The highest BCUT2D eigenvalue weighted by molar-refractivity contribution is 7.92. The van der Waals surface area contributed by atoms with E-state index in [9.17, 15) is 22.4 Å². The number of amides is 2. The van der Waals surface area contributed by atoms with Gasteiger partial charge in [-0.1, -0.05) is 48.0 Å². The zero-order valence-corrected chi connectivity index (χ0v) is 24.4. The molecule has 0 saturated carbocycles. The Morgan fingerprint density at radius 3 is 2.21 bits per heavy atom. The van der Waals surface area contributed by atoms with Gasteiger partial charge in [-0.2, -0.15) is 5.10 Å². The average Bonchev–Trinajstić information content (AvgIpc) is 3.00.